The summed E-state index contributed by atoms with van der Waals surface area (Å²) in [5.74, 6) is 0.731. The van der Waals surface area contributed by atoms with E-state index in [0.717, 1.165) is 42.8 Å². The molecule has 22 heavy (non-hydrogen) atoms. The van der Waals surface area contributed by atoms with Crippen molar-refractivity contribution in [3.8, 4) is 11.4 Å². The van der Waals surface area contributed by atoms with Crippen molar-refractivity contribution in [1.29, 1.82) is 0 Å². The van der Waals surface area contributed by atoms with Crippen molar-refractivity contribution in [2.24, 2.45) is 5.73 Å². The molecular formula is C15H20Cl2N4O. The summed E-state index contributed by atoms with van der Waals surface area (Å²) in [6.45, 7) is 0. The summed E-state index contributed by atoms with van der Waals surface area (Å²) in [5, 5.41) is 2.90. The van der Waals surface area contributed by atoms with Gasteiger partial charge in [0.25, 0.3) is 0 Å². The van der Waals surface area contributed by atoms with Crippen molar-refractivity contribution >= 4 is 36.4 Å². The van der Waals surface area contributed by atoms with Crippen LogP contribution in [-0.2, 0) is 4.79 Å². The number of rotatable bonds is 3. The second kappa shape index (κ2) is 7.63. The van der Waals surface area contributed by atoms with Gasteiger partial charge in [-0.3, -0.25) is 4.79 Å². The van der Waals surface area contributed by atoms with Gasteiger partial charge in [0, 0.05) is 23.6 Å². The number of carbonyl (C=O) groups excluding carboxylic acids is 1. The molecule has 3 rings (SSSR count). The molecule has 1 aliphatic carbocycles. The van der Waals surface area contributed by atoms with Gasteiger partial charge in [0.2, 0.25) is 5.91 Å². The first-order valence-corrected chi connectivity index (χ1v) is 6.88. The van der Waals surface area contributed by atoms with Crippen LogP contribution in [0.3, 0.4) is 0 Å². The first-order chi connectivity index (χ1) is 9.67. The molecule has 0 saturated heterocycles. The van der Waals surface area contributed by atoms with E-state index >= 15 is 0 Å². The molecule has 1 aliphatic rings. The van der Waals surface area contributed by atoms with Crippen LogP contribution in [0.2, 0.25) is 0 Å². The van der Waals surface area contributed by atoms with Gasteiger partial charge in [0.15, 0.2) is 0 Å². The molecule has 1 fully saturated rings. The number of nitrogens with zero attached hydrogens (tertiary/aromatic N) is 1. The SMILES string of the molecule is Cl.Cl.NC1(C(=O)Nc2ccc(-c3ncc[nH]3)cc2)CCCC1. The van der Waals surface area contributed by atoms with Gasteiger partial charge in [-0.25, -0.2) is 4.98 Å². The minimum absolute atomic E-state index is 0. The number of anilines is 1. The highest BCUT2D eigenvalue weighted by Gasteiger charge is 2.36. The van der Waals surface area contributed by atoms with Crippen LogP contribution >= 0.6 is 24.8 Å². The number of amides is 1. The molecule has 1 aromatic carbocycles. The molecule has 120 valence electrons. The molecule has 7 heteroatoms. The summed E-state index contributed by atoms with van der Waals surface area (Å²) >= 11 is 0. The average Bonchev–Trinajstić information content (AvgIpc) is 3.11. The van der Waals surface area contributed by atoms with Gasteiger partial charge in [-0.1, -0.05) is 12.8 Å². The molecule has 1 heterocycles. The number of carbonyl (C=O) groups is 1. The van der Waals surface area contributed by atoms with Crippen molar-refractivity contribution in [3.63, 3.8) is 0 Å². The zero-order valence-electron chi connectivity index (χ0n) is 12.0. The Labute approximate surface area is 141 Å². The number of aromatic amines is 1. The molecule has 1 saturated carbocycles. The van der Waals surface area contributed by atoms with E-state index in [1.807, 2.05) is 24.3 Å². The minimum Gasteiger partial charge on any atom is -0.345 e. The van der Waals surface area contributed by atoms with E-state index in [-0.39, 0.29) is 30.7 Å². The Balaban J connectivity index is 0.00000121. The van der Waals surface area contributed by atoms with Crippen molar-refractivity contribution < 1.29 is 4.79 Å². The molecule has 0 aliphatic heterocycles. The Morgan fingerprint density at radius 1 is 1.18 bits per heavy atom. The molecule has 1 aromatic heterocycles. The lowest BCUT2D eigenvalue weighted by Gasteiger charge is -2.22. The van der Waals surface area contributed by atoms with Crippen LogP contribution in [0.1, 0.15) is 25.7 Å². The van der Waals surface area contributed by atoms with E-state index in [4.69, 9.17) is 5.73 Å². The van der Waals surface area contributed by atoms with Gasteiger partial charge >= 0.3 is 0 Å². The first kappa shape index (κ1) is 18.5. The Kier molecular flexibility index (Phi) is 6.41. The maximum Gasteiger partial charge on any atom is 0.244 e. The summed E-state index contributed by atoms with van der Waals surface area (Å²) < 4.78 is 0. The normalized spacial score (nSPS) is 15.5. The molecule has 0 radical (unpaired) electrons. The van der Waals surface area contributed by atoms with E-state index in [1.54, 1.807) is 12.4 Å². The summed E-state index contributed by atoms with van der Waals surface area (Å²) in [6.07, 6.45) is 7.09. The van der Waals surface area contributed by atoms with Gasteiger partial charge in [-0.2, -0.15) is 0 Å². The Bertz CT molecular complexity index is 593. The number of nitrogens with one attached hydrogen (secondary N) is 2. The monoisotopic (exact) mass is 342 g/mol. The van der Waals surface area contributed by atoms with Crippen molar-refractivity contribution in [1.82, 2.24) is 9.97 Å². The highest BCUT2D eigenvalue weighted by Crippen LogP contribution is 2.28. The second-order valence-corrected chi connectivity index (χ2v) is 5.33. The summed E-state index contributed by atoms with van der Waals surface area (Å²) in [6, 6.07) is 7.58. The maximum absolute atomic E-state index is 12.2. The number of hydrogen-bond donors (Lipinski definition) is 3. The molecule has 0 bridgehead atoms. The minimum atomic E-state index is -0.695. The second-order valence-electron chi connectivity index (χ2n) is 5.33. The van der Waals surface area contributed by atoms with E-state index in [1.165, 1.54) is 0 Å². The quantitative estimate of drug-likeness (QED) is 0.801. The number of nitrogens with two attached hydrogens (primary N) is 1. The van der Waals surface area contributed by atoms with E-state index in [2.05, 4.69) is 15.3 Å². The first-order valence-electron chi connectivity index (χ1n) is 6.88. The number of imidazole rings is 1. The molecule has 0 unspecified atom stereocenters. The van der Waals surface area contributed by atoms with Crippen LogP contribution in [0.25, 0.3) is 11.4 Å². The fourth-order valence-electron chi connectivity index (χ4n) is 2.62. The van der Waals surface area contributed by atoms with E-state index in [9.17, 15) is 4.79 Å². The highest BCUT2D eigenvalue weighted by molar-refractivity contribution is 5.98. The van der Waals surface area contributed by atoms with Crippen molar-refractivity contribution in [2.45, 2.75) is 31.2 Å². The van der Waals surface area contributed by atoms with E-state index in [0.29, 0.717) is 0 Å². The Hall–Kier alpha value is -1.56. The smallest absolute Gasteiger partial charge is 0.244 e. The number of H-pyrrole nitrogens is 1. The molecule has 4 N–H and O–H groups in total. The molecule has 2 aromatic rings. The van der Waals surface area contributed by atoms with Gasteiger partial charge in [0.05, 0.1) is 5.54 Å². The third-order valence-electron chi connectivity index (χ3n) is 3.86. The molecule has 5 nitrogen and oxygen atoms in total. The van der Waals surface area contributed by atoms with Crippen LogP contribution < -0.4 is 11.1 Å². The van der Waals surface area contributed by atoms with Gasteiger partial charge in [-0.05, 0) is 37.1 Å². The van der Waals surface area contributed by atoms with Gasteiger partial charge in [0.1, 0.15) is 5.82 Å². The third kappa shape index (κ3) is 3.80. The molecule has 0 spiro atoms. The van der Waals surface area contributed by atoms with E-state index < -0.39 is 5.54 Å². The summed E-state index contributed by atoms with van der Waals surface area (Å²) in [7, 11) is 0. The predicted octanol–water partition coefficient (Wildman–Crippen LogP) is 3.13. The topological polar surface area (TPSA) is 83.8 Å². The number of hydrogen-bond acceptors (Lipinski definition) is 3. The fourth-order valence-corrected chi connectivity index (χ4v) is 2.62. The predicted molar refractivity (Wildman–Crippen MR) is 92.5 cm³/mol. The van der Waals surface area contributed by atoms with Crippen LogP contribution in [-0.4, -0.2) is 21.4 Å². The van der Waals surface area contributed by atoms with Crippen LogP contribution in [0.15, 0.2) is 36.7 Å². The third-order valence-corrected chi connectivity index (χ3v) is 3.86. The fraction of sp³-hybridized carbons (Fsp3) is 0.333. The largest absolute Gasteiger partial charge is 0.345 e. The lowest BCUT2D eigenvalue weighted by atomic mass is 9.98. The average molecular weight is 343 g/mol. The zero-order valence-corrected chi connectivity index (χ0v) is 13.7. The summed E-state index contributed by atoms with van der Waals surface area (Å²) in [5.41, 5.74) is 7.18. The lowest BCUT2D eigenvalue weighted by Crippen LogP contribution is -2.48. The van der Waals surface area contributed by atoms with Gasteiger partial charge < -0.3 is 16.0 Å². The van der Waals surface area contributed by atoms with Crippen LogP contribution in [0.5, 0.6) is 0 Å². The Morgan fingerprint density at radius 3 is 2.36 bits per heavy atom. The number of halogens is 2. The zero-order chi connectivity index (χ0) is 14.0. The highest BCUT2D eigenvalue weighted by atomic mass is 35.5. The lowest BCUT2D eigenvalue weighted by molar-refractivity contribution is -0.121. The van der Waals surface area contributed by atoms with Crippen molar-refractivity contribution in [2.75, 3.05) is 5.32 Å². The standard InChI is InChI=1S/C15H18N4O.2ClH/c16-15(7-1-2-8-15)14(20)19-12-5-3-11(4-6-12)13-17-9-10-18-13;;/h3-6,9-10H,1-2,7-8,16H2,(H,17,18)(H,19,20);2*1H. The van der Waals surface area contributed by atoms with Crippen LogP contribution in [0, 0.1) is 0 Å². The number of aromatic nitrogens is 2. The summed E-state index contributed by atoms with van der Waals surface area (Å²) in [4.78, 5) is 19.4. The molecular weight excluding hydrogens is 323 g/mol. The molecule has 1 amide bonds. The van der Waals surface area contributed by atoms with Gasteiger partial charge in [-0.15, -0.1) is 24.8 Å². The van der Waals surface area contributed by atoms with Crippen molar-refractivity contribution in [3.05, 3.63) is 36.7 Å². The number of benzene rings is 1. The molecule has 0 atom stereocenters. The Morgan fingerprint density at radius 2 is 1.82 bits per heavy atom. The van der Waals surface area contributed by atoms with Crippen LogP contribution in [0.4, 0.5) is 5.69 Å². The maximum atomic E-state index is 12.2.